The van der Waals surface area contributed by atoms with Crippen LogP contribution in [-0.4, -0.2) is 31.1 Å². The first-order valence-corrected chi connectivity index (χ1v) is 11.8. The van der Waals surface area contributed by atoms with Gasteiger partial charge in [-0.15, -0.1) is 0 Å². The van der Waals surface area contributed by atoms with E-state index in [2.05, 4.69) is 50.5 Å². The maximum Gasteiger partial charge on any atom is 0.287 e. The Morgan fingerprint density at radius 1 is 0.912 bits per heavy atom. The SMILES string of the molecule is CCN(CC)c1ccc(/C=C(\NC(=O)c2ccccc2)C(=O)N/N=C\c2cccc(Br)c2)cc1. The first kappa shape index (κ1) is 24.9. The number of nitrogens with zero attached hydrogens (tertiary/aromatic N) is 2. The quantitative estimate of drug-likeness (QED) is 0.232. The van der Waals surface area contributed by atoms with Crippen LogP contribution in [0.2, 0.25) is 0 Å². The number of hydrogen-bond acceptors (Lipinski definition) is 4. The molecule has 0 atom stereocenters. The monoisotopic (exact) mass is 518 g/mol. The van der Waals surface area contributed by atoms with Crippen LogP contribution >= 0.6 is 15.9 Å². The Morgan fingerprint density at radius 2 is 1.62 bits per heavy atom. The fourth-order valence-corrected chi connectivity index (χ4v) is 3.71. The average molecular weight is 519 g/mol. The number of nitrogens with one attached hydrogen (secondary N) is 2. The van der Waals surface area contributed by atoms with Crippen LogP contribution in [0.5, 0.6) is 0 Å². The van der Waals surface area contributed by atoms with Crippen LogP contribution in [0.25, 0.3) is 6.08 Å². The Morgan fingerprint density at radius 3 is 2.26 bits per heavy atom. The Balaban J connectivity index is 1.82. The topological polar surface area (TPSA) is 73.8 Å². The Kier molecular flexibility index (Phi) is 9.17. The predicted octanol–water partition coefficient (Wildman–Crippen LogP) is 5.22. The van der Waals surface area contributed by atoms with E-state index in [4.69, 9.17) is 0 Å². The molecular weight excluding hydrogens is 492 g/mol. The van der Waals surface area contributed by atoms with E-state index in [1.54, 1.807) is 30.3 Å². The van der Waals surface area contributed by atoms with Gasteiger partial charge >= 0.3 is 0 Å². The van der Waals surface area contributed by atoms with Crippen molar-refractivity contribution in [3.63, 3.8) is 0 Å². The van der Waals surface area contributed by atoms with Crippen molar-refractivity contribution in [2.75, 3.05) is 18.0 Å². The van der Waals surface area contributed by atoms with E-state index in [1.165, 1.54) is 6.21 Å². The van der Waals surface area contributed by atoms with Gasteiger partial charge in [-0.05, 0) is 67.4 Å². The zero-order valence-electron chi connectivity index (χ0n) is 19.2. The molecule has 3 aromatic rings. The van der Waals surface area contributed by atoms with Gasteiger partial charge in [-0.2, -0.15) is 5.10 Å². The fraction of sp³-hybridized carbons (Fsp3) is 0.148. The summed E-state index contributed by atoms with van der Waals surface area (Å²) in [7, 11) is 0. The molecule has 0 radical (unpaired) electrons. The summed E-state index contributed by atoms with van der Waals surface area (Å²) < 4.78 is 0.909. The summed E-state index contributed by atoms with van der Waals surface area (Å²) in [6.07, 6.45) is 3.18. The van der Waals surface area contributed by atoms with Crippen LogP contribution in [0.15, 0.2) is 94.1 Å². The van der Waals surface area contributed by atoms with Crippen LogP contribution in [0.3, 0.4) is 0 Å². The number of hydrogen-bond donors (Lipinski definition) is 2. The van der Waals surface area contributed by atoms with Crippen molar-refractivity contribution >= 4 is 45.7 Å². The summed E-state index contributed by atoms with van der Waals surface area (Å²) in [4.78, 5) is 27.9. The summed E-state index contributed by atoms with van der Waals surface area (Å²) >= 11 is 3.41. The molecule has 3 rings (SSSR count). The van der Waals surface area contributed by atoms with Crippen molar-refractivity contribution < 1.29 is 9.59 Å². The maximum atomic E-state index is 12.9. The van der Waals surface area contributed by atoms with Crippen molar-refractivity contribution in [2.45, 2.75) is 13.8 Å². The van der Waals surface area contributed by atoms with Crippen molar-refractivity contribution in [1.82, 2.24) is 10.7 Å². The number of carbonyl (C=O) groups excluding carboxylic acids is 2. The second kappa shape index (κ2) is 12.5. The smallest absolute Gasteiger partial charge is 0.287 e. The van der Waals surface area contributed by atoms with E-state index in [1.807, 2.05) is 54.6 Å². The molecule has 34 heavy (non-hydrogen) atoms. The average Bonchev–Trinajstić information content (AvgIpc) is 2.86. The van der Waals surface area contributed by atoms with E-state index in [9.17, 15) is 9.59 Å². The van der Waals surface area contributed by atoms with Crippen LogP contribution in [-0.2, 0) is 4.79 Å². The summed E-state index contributed by atoms with van der Waals surface area (Å²) in [5.74, 6) is -0.902. The van der Waals surface area contributed by atoms with Crippen LogP contribution < -0.4 is 15.6 Å². The lowest BCUT2D eigenvalue weighted by Crippen LogP contribution is -2.32. The molecular formula is C27H27BrN4O2. The van der Waals surface area contributed by atoms with Gasteiger partial charge in [-0.3, -0.25) is 9.59 Å². The number of amides is 2. The molecule has 0 spiro atoms. The first-order chi connectivity index (χ1) is 16.5. The largest absolute Gasteiger partial charge is 0.372 e. The molecule has 0 fully saturated rings. The number of anilines is 1. The molecule has 0 aliphatic rings. The predicted molar refractivity (Wildman–Crippen MR) is 142 cm³/mol. The number of hydrazone groups is 1. The van der Waals surface area contributed by atoms with Crippen molar-refractivity contribution in [3.8, 4) is 0 Å². The van der Waals surface area contributed by atoms with E-state index in [0.29, 0.717) is 5.56 Å². The lowest BCUT2D eigenvalue weighted by Gasteiger charge is -2.20. The molecule has 2 N–H and O–H groups in total. The highest BCUT2D eigenvalue weighted by molar-refractivity contribution is 9.10. The molecule has 2 amide bonds. The summed E-state index contributed by atoms with van der Waals surface area (Å²) in [5.41, 5.74) is 5.75. The highest BCUT2D eigenvalue weighted by Gasteiger charge is 2.14. The van der Waals surface area contributed by atoms with Crippen molar-refractivity contribution in [2.24, 2.45) is 5.10 Å². The molecule has 0 saturated carbocycles. The number of benzene rings is 3. The first-order valence-electron chi connectivity index (χ1n) is 11.0. The molecule has 0 aromatic heterocycles. The zero-order chi connectivity index (χ0) is 24.3. The second-order valence-electron chi connectivity index (χ2n) is 7.40. The van der Waals surface area contributed by atoms with Gasteiger partial charge in [0, 0.05) is 28.8 Å². The van der Waals surface area contributed by atoms with Gasteiger partial charge in [0.25, 0.3) is 11.8 Å². The van der Waals surface area contributed by atoms with Gasteiger partial charge in [0.05, 0.1) is 6.21 Å². The van der Waals surface area contributed by atoms with Crippen molar-refractivity contribution in [1.29, 1.82) is 0 Å². The van der Waals surface area contributed by atoms with Crippen LogP contribution in [0, 0.1) is 0 Å². The maximum absolute atomic E-state index is 12.9. The second-order valence-corrected chi connectivity index (χ2v) is 8.31. The van der Waals surface area contributed by atoms with Gasteiger partial charge in [-0.25, -0.2) is 5.43 Å². The molecule has 0 aliphatic heterocycles. The number of rotatable bonds is 9. The molecule has 3 aromatic carbocycles. The van der Waals surface area contributed by atoms with Crippen LogP contribution in [0.4, 0.5) is 5.69 Å². The molecule has 0 saturated heterocycles. The lowest BCUT2D eigenvalue weighted by atomic mass is 10.1. The number of halogens is 1. The minimum absolute atomic E-state index is 0.0934. The Labute approximate surface area is 208 Å². The lowest BCUT2D eigenvalue weighted by molar-refractivity contribution is -0.117. The third-order valence-electron chi connectivity index (χ3n) is 5.09. The third kappa shape index (κ3) is 7.15. The minimum Gasteiger partial charge on any atom is -0.372 e. The summed E-state index contributed by atoms with van der Waals surface area (Å²) in [5, 5.41) is 6.76. The highest BCUT2D eigenvalue weighted by Crippen LogP contribution is 2.17. The molecule has 174 valence electrons. The van der Waals surface area contributed by atoms with Crippen molar-refractivity contribution in [3.05, 3.63) is 106 Å². The number of carbonyl (C=O) groups is 2. The molecule has 0 unspecified atom stereocenters. The molecule has 0 aliphatic carbocycles. The minimum atomic E-state index is -0.525. The summed E-state index contributed by atoms with van der Waals surface area (Å²) in [6.45, 7) is 6.02. The van der Waals surface area contributed by atoms with Crippen LogP contribution in [0.1, 0.15) is 35.3 Å². The molecule has 0 bridgehead atoms. The highest BCUT2D eigenvalue weighted by atomic mass is 79.9. The fourth-order valence-electron chi connectivity index (χ4n) is 3.29. The summed E-state index contributed by atoms with van der Waals surface area (Å²) in [6, 6.07) is 24.1. The van der Waals surface area contributed by atoms with Gasteiger partial charge in [-0.1, -0.05) is 58.4 Å². The standard InChI is InChI=1S/C27H27BrN4O2/c1-3-32(4-2)24-15-13-20(14-16-24)18-25(30-26(33)22-10-6-5-7-11-22)27(34)31-29-19-21-9-8-12-23(28)17-21/h5-19H,3-4H2,1-2H3,(H,30,33)(H,31,34)/b25-18-,29-19-. The Hall–Kier alpha value is -3.71. The van der Waals surface area contributed by atoms with E-state index < -0.39 is 5.91 Å². The molecule has 0 heterocycles. The van der Waals surface area contributed by atoms with Gasteiger partial charge in [0.2, 0.25) is 0 Å². The molecule has 6 nitrogen and oxygen atoms in total. The normalized spacial score (nSPS) is 11.3. The van der Waals surface area contributed by atoms with Gasteiger partial charge in [0.1, 0.15) is 5.70 Å². The van der Waals surface area contributed by atoms with E-state index >= 15 is 0 Å². The zero-order valence-corrected chi connectivity index (χ0v) is 20.7. The van der Waals surface area contributed by atoms with Gasteiger partial charge in [0.15, 0.2) is 0 Å². The van der Waals surface area contributed by atoms with Gasteiger partial charge < -0.3 is 10.2 Å². The Bertz CT molecular complexity index is 1170. The third-order valence-corrected chi connectivity index (χ3v) is 5.58. The van der Waals surface area contributed by atoms with E-state index in [0.717, 1.165) is 34.4 Å². The van der Waals surface area contributed by atoms with E-state index in [-0.39, 0.29) is 11.6 Å². The molecule has 7 heteroatoms.